The molecule has 1 atom stereocenters. The molecule has 1 saturated heterocycles. The van der Waals surface area contributed by atoms with Crippen LogP contribution in [-0.4, -0.2) is 60.2 Å². The molecule has 0 aromatic heterocycles. The van der Waals surface area contributed by atoms with Gasteiger partial charge < -0.3 is 14.6 Å². The van der Waals surface area contributed by atoms with Crippen molar-refractivity contribution in [2.45, 2.75) is 69.6 Å². The minimum atomic E-state index is -0.389. The van der Waals surface area contributed by atoms with Crippen LogP contribution in [0.15, 0.2) is 0 Å². The summed E-state index contributed by atoms with van der Waals surface area (Å²) in [5, 5.41) is 10.5. The SMILES string of the molecule is CC1(C)COCCN1CC(O)COC12CC3CC(CC(C3)C1)C2.Cl. The van der Waals surface area contributed by atoms with E-state index in [2.05, 4.69) is 18.7 Å². The van der Waals surface area contributed by atoms with E-state index in [0.29, 0.717) is 13.2 Å². The molecule has 24 heavy (non-hydrogen) atoms. The van der Waals surface area contributed by atoms with Crippen LogP contribution in [0.3, 0.4) is 0 Å². The Morgan fingerprint density at radius 1 is 1.12 bits per heavy atom. The van der Waals surface area contributed by atoms with Gasteiger partial charge in [0, 0.05) is 18.6 Å². The number of morpholine rings is 1. The van der Waals surface area contributed by atoms with Crippen LogP contribution in [0.4, 0.5) is 0 Å². The van der Waals surface area contributed by atoms with Crippen molar-refractivity contribution in [3.8, 4) is 0 Å². The lowest BCUT2D eigenvalue weighted by molar-refractivity contribution is -0.178. The maximum Gasteiger partial charge on any atom is 0.0900 e. The van der Waals surface area contributed by atoms with E-state index in [4.69, 9.17) is 9.47 Å². The van der Waals surface area contributed by atoms with Crippen molar-refractivity contribution >= 4 is 12.4 Å². The van der Waals surface area contributed by atoms with Crippen molar-refractivity contribution in [3.63, 3.8) is 0 Å². The number of aliphatic hydroxyl groups is 1. The molecule has 4 aliphatic carbocycles. The van der Waals surface area contributed by atoms with Crippen LogP contribution >= 0.6 is 12.4 Å². The molecule has 4 nitrogen and oxygen atoms in total. The molecule has 5 rings (SSSR count). The van der Waals surface area contributed by atoms with Gasteiger partial charge in [0.25, 0.3) is 0 Å². The van der Waals surface area contributed by atoms with E-state index in [9.17, 15) is 5.11 Å². The predicted molar refractivity (Wildman–Crippen MR) is 96.6 cm³/mol. The highest BCUT2D eigenvalue weighted by atomic mass is 35.5. The number of rotatable bonds is 5. The first kappa shape index (κ1) is 18.9. The first-order valence-corrected chi connectivity index (χ1v) is 9.59. The summed E-state index contributed by atoms with van der Waals surface area (Å²) in [6, 6.07) is 0. The van der Waals surface area contributed by atoms with E-state index in [0.717, 1.165) is 37.5 Å². The summed E-state index contributed by atoms with van der Waals surface area (Å²) in [6.07, 6.45) is 7.66. The first-order valence-electron chi connectivity index (χ1n) is 9.59. The lowest BCUT2D eigenvalue weighted by Gasteiger charge is -2.56. The number of halogens is 1. The fraction of sp³-hybridized carbons (Fsp3) is 1.00. The smallest absolute Gasteiger partial charge is 0.0900 e. The van der Waals surface area contributed by atoms with Crippen LogP contribution < -0.4 is 0 Å². The topological polar surface area (TPSA) is 41.9 Å². The molecule has 1 unspecified atom stereocenters. The Bertz CT molecular complexity index is 407. The van der Waals surface area contributed by atoms with Crippen LogP contribution in [0.2, 0.25) is 0 Å². The minimum Gasteiger partial charge on any atom is -0.389 e. The maximum atomic E-state index is 10.5. The number of aliphatic hydroxyl groups excluding tert-OH is 1. The molecule has 5 aliphatic rings. The van der Waals surface area contributed by atoms with Gasteiger partial charge in [-0.1, -0.05) is 0 Å². The molecule has 5 fully saturated rings. The highest BCUT2D eigenvalue weighted by Gasteiger charge is 2.51. The molecule has 1 heterocycles. The highest BCUT2D eigenvalue weighted by molar-refractivity contribution is 5.85. The molecule has 1 N–H and O–H groups in total. The zero-order valence-corrected chi connectivity index (χ0v) is 16.0. The lowest BCUT2D eigenvalue weighted by Crippen LogP contribution is -2.56. The van der Waals surface area contributed by atoms with E-state index in [1.807, 2.05) is 0 Å². The summed E-state index contributed by atoms with van der Waals surface area (Å²) in [5.74, 6) is 2.70. The van der Waals surface area contributed by atoms with Crippen LogP contribution in [0, 0.1) is 17.8 Å². The second-order valence-corrected chi connectivity index (χ2v) is 9.38. The van der Waals surface area contributed by atoms with Crippen molar-refractivity contribution in [2.75, 3.05) is 32.9 Å². The summed E-state index contributed by atoms with van der Waals surface area (Å²) in [6.45, 7) is 8.00. The quantitative estimate of drug-likeness (QED) is 0.819. The van der Waals surface area contributed by atoms with Crippen molar-refractivity contribution in [1.82, 2.24) is 4.90 Å². The monoisotopic (exact) mass is 359 g/mol. The molecule has 0 aromatic rings. The highest BCUT2D eigenvalue weighted by Crippen LogP contribution is 2.57. The Hall–Kier alpha value is 0.130. The van der Waals surface area contributed by atoms with E-state index >= 15 is 0 Å². The maximum absolute atomic E-state index is 10.5. The van der Waals surface area contributed by atoms with Crippen LogP contribution in [0.25, 0.3) is 0 Å². The van der Waals surface area contributed by atoms with Crippen LogP contribution in [0.5, 0.6) is 0 Å². The molecular formula is C19H34ClNO3. The van der Waals surface area contributed by atoms with Gasteiger partial charge in [-0.15, -0.1) is 12.4 Å². The third-order valence-corrected chi connectivity index (χ3v) is 6.81. The molecule has 0 amide bonds. The van der Waals surface area contributed by atoms with Crippen LogP contribution in [0.1, 0.15) is 52.4 Å². The van der Waals surface area contributed by atoms with Gasteiger partial charge in [-0.25, -0.2) is 0 Å². The van der Waals surface area contributed by atoms with Crippen molar-refractivity contribution in [2.24, 2.45) is 17.8 Å². The van der Waals surface area contributed by atoms with Gasteiger partial charge in [0.1, 0.15) is 0 Å². The second-order valence-electron chi connectivity index (χ2n) is 9.38. The van der Waals surface area contributed by atoms with Gasteiger partial charge in [0.05, 0.1) is 31.5 Å². The fourth-order valence-corrected chi connectivity index (χ4v) is 6.02. The molecule has 0 radical (unpaired) electrons. The minimum absolute atomic E-state index is 0. The molecule has 5 heteroatoms. The van der Waals surface area contributed by atoms with E-state index in [1.54, 1.807) is 0 Å². The third-order valence-electron chi connectivity index (χ3n) is 6.81. The van der Waals surface area contributed by atoms with Gasteiger partial charge >= 0.3 is 0 Å². The third kappa shape index (κ3) is 3.78. The summed E-state index contributed by atoms with van der Waals surface area (Å²) < 4.78 is 12.0. The van der Waals surface area contributed by atoms with Gasteiger partial charge in [-0.3, -0.25) is 4.90 Å². The molecule has 0 spiro atoms. The molecule has 4 bridgehead atoms. The predicted octanol–water partition coefficient (Wildman–Crippen LogP) is 2.87. The molecule has 1 aliphatic heterocycles. The van der Waals surface area contributed by atoms with Gasteiger partial charge in [-0.05, 0) is 70.1 Å². The molecule has 0 aromatic carbocycles. The summed E-state index contributed by atoms with van der Waals surface area (Å²) in [5.41, 5.74) is 0.121. The normalized spacial score (nSPS) is 41.9. The number of ether oxygens (including phenoxy) is 2. The fourth-order valence-electron chi connectivity index (χ4n) is 6.02. The number of hydrogen-bond donors (Lipinski definition) is 1. The number of β-amino-alcohol motifs (C(OH)–C–C–N with tert-alkyl or cyclic N) is 1. The van der Waals surface area contributed by atoms with E-state index in [1.165, 1.54) is 38.5 Å². The number of nitrogens with zero attached hydrogens (tertiary/aromatic N) is 1. The average molecular weight is 360 g/mol. The lowest BCUT2D eigenvalue weighted by atomic mass is 9.54. The Labute approximate surface area is 152 Å². The zero-order valence-electron chi connectivity index (χ0n) is 15.2. The Morgan fingerprint density at radius 2 is 1.71 bits per heavy atom. The summed E-state index contributed by atoms with van der Waals surface area (Å²) in [7, 11) is 0. The average Bonchev–Trinajstić information content (AvgIpc) is 2.46. The van der Waals surface area contributed by atoms with Gasteiger partial charge in [-0.2, -0.15) is 0 Å². The van der Waals surface area contributed by atoms with E-state index in [-0.39, 0.29) is 29.7 Å². The Balaban J connectivity index is 0.00000169. The zero-order chi connectivity index (χ0) is 16.1. The van der Waals surface area contributed by atoms with Gasteiger partial charge in [0.15, 0.2) is 0 Å². The van der Waals surface area contributed by atoms with Crippen molar-refractivity contribution in [3.05, 3.63) is 0 Å². The van der Waals surface area contributed by atoms with Crippen molar-refractivity contribution < 1.29 is 14.6 Å². The molecule has 4 saturated carbocycles. The van der Waals surface area contributed by atoms with E-state index < -0.39 is 0 Å². The largest absolute Gasteiger partial charge is 0.389 e. The first-order chi connectivity index (χ1) is 10.9. The summed E-state index contributed by atoms with van der Waals surface area (Å²) >= 11 is 0. The Kier molecular flexibility index (Phi) is 5.54. The Morgan fingerprint density at radius 3 is 2.25 bits per heavy atom. The van der Waals surface area contributed by atoms with Gasteiger partial charge in [0.2, 0.25) is 0 Å². The summed E-state index contributed by atoms with van der Waals surface area (Å²) in [4.78, 5) is 2.35. The number of hydrogen-bond acceptors (Lipinski definition) is 4. The molecular weight excluding hydrogens is 326 g/mol. The second kappa shape index (κ2) is 7.03. The van der Waals surface area contributed by atoms with Crippen LogP contribution in [-0.2, 0) is 9.47 Å². The van der Waals surface area contributed by atoms with Crippen molar-refractivity contribution in [1.29, 1.82) is 0 Å². The standard InChI is InChI=1S/C19H33NO3.ClH/c1-18(2)13-22-4-3-20(18)11-17(21)12-23-19-8-14-5-15(9-19)7-16(6-14)10-19;/h14-17,21H,3-13H2,1-2H3;1H. The molecule has 140 valence electrons.